The van der Waals surface area contributed by atoms with E-state index in [-0.39, 0.29) is 0 Å². The molecule has 4 aromatic rings. The number of hydrogen-bond donors (Lipinski definition) is 1. The monoisotopic (exact) mass is 406 g/mol. The summed E-state index contributed by atoms with van der Waals surface area (Å²) in [6, 6.07) is 17.8. The van der Waals surface area contributed by atoms with Gasteiger partial charge in [0.2, 0.25) is 5.78 Å². The predicted molar refractivity (Wildman–Crippen MR) is 118 cm³/mol. The molecule has 0 fully saturated rings. The number of ether oxygens (including phenoxy) is 1. The second-order valence-electron chi connectivity index (χ2n) is 6.81. The zero-order chi connectivity index (χ0) is 20.1. The highest BCUT2D eigenvalue weighted by atomic mass is 35.5. The van der Waals surface area contributed by atoms with Crippen molar-refractivity contribution in [3.05, 3.63) is 77.6 Å². The first-order chi connectivity index (χ1) is 14.2. The summed E-state index contributed by atoms with van der Waals surface area (Å²) < 4.78 is 7.75. The minimum atomic E-state index is 0.657. The smallest absolute Gasteiger partial charge is 0.235 e. The van der Waals surface area contributed by atoms with Crippen molar-refractivity contribution in [3.63, 3.8) is 0 Å². The molecule has 29 heavy (non-hydrogen) atoms. The van der Waals surface area contributed by atoms with Gasteiger partial charge in [0.1, 0.15) is 17.3 Å². The topological polar surface area (TPSA) is 51.5 Å². The van der Waals surface area contributed by atoms with E-state index in [0.29, 0.717) is 12.3 Å². The third-order valence-corrected chi connectivity index (χ3v) is 4.92. The largest absolute Gasteiger partial charge is 0.494 e. The number of hydrogen-bond acceptors (Lipinski definition) is 4. The first kappa shape index (κ1) is 19.3. The molecule has 0 aliphatic carbocycles. The Labute approximate surface area is 175 Å². The van der Waals surface area contributed by atoms with Gasteiger partial charge in [-0.15, -0.1) is 0 Å². The van der Waals surface area contributed by atoms with Crippen molar-refractivity contribution in [3.8, 4) is 17.0 Å². The third-order valence-electron chi connectivity index (χ3n) is 4.67. The molecule has 0 unspecified atom stereocenters. The van der Waals surface area contributed by atoms with Crippen LogP contribution in [0.2, 0.25) is 5.02 Å². The Bertz CT molecular complexity index is 1070. The van der Waals surface area contributed by atoms with Crippen LogP contribution in [-0.2, 0) is 6.54 Å². The van der Waals surface area contributed by atoms with Crippen LogP contribution in [0.15, 0.2) is 67.0 Å². The molecule has 0 aliphatic rings. The van der Waals surface area contributed by atoms with E-state index >= 15 is 0 Å². The van der Waals surface area contributed by atoms with Crippen molar-refractivity contribution >= 4 is 23.2 Å². The summed E-state index contributed by atoms with van der Waals surface area (Å²) in [5.41, 5.74) is 3.01. The fourth-order valence-corrected chi connectivity index (χ4v) is 3.22. The van der Waals surface area contributed by atoms with E-state index in [2.05, 4.69) is 17.2 Å². The number of unbranched alkanes of at least 4 members (excludes halogenated alkanes) is 1. The molecule has 5 nitrogen and oxygen atoms in total. The highest BCUT2D eigenvalue weighted by molar-refractivity contribution is 6.30. The number of fused-ring (bicyclic) bond motifs is 1. The van der Waals surface area contributed by atoms with Gasteiger partial charge in [0.15, 0.2) is 0 Å². The highest BCUT2D eigenvalue weighted by Crippen LogP contribution is 2.30. The number of anilines is 1. The van der Waals surface area contributed by atoms with Crippen LogP contribution >= 0.6 is 11.6 Å². The molecule has 2 aromatic carbocycles. The Kier molecular flexibility index (Phi) is 5.96. The van der Waals surface area contributed by atoms with E-state index < -0.39 is 0 Å². The Morgan fingerprint density at radius 1 is 1.07 bits per heavy atom. The average molecular weight is 407 g/mol. The number of nitrogens with zero attached hydrogens (tertiary/aromatic N) is 3. The predicted octanol–water partition coefficient (Wildman–Crippen LogP) is 5.84. The van der Waals surface area contributed by atoms with Gasteiger partial charge < -0.3 is 10.1 Å². The first-order valence-electron chi connectivity index (χ1n) is 9.79. The zero-order valence-electron chi connectivity index (χ0n) is 16.3. The Morgan fingerprint density at radius 2 is 1.86 bits per heavy atom. The van der Waals surface area contributed by atoms with Gasteiger partial charge in [0.05, 0.1) is 6.61 Å². The van der Waals surface area contributed by atoms with Crippen molar-refractivity contribution in [1.29, 1.82) is 0 Å². The van der Waals surface area contributed by atoms with Crippen LogP contribution in [-0.4, -0.2) is 21.0 Å². The molecule has 0 amide bonds. The number of aromatic nitrogens is 3. The second kappa shape index (κ2) is 8.97. The Hall–Kier alpha value is -3.05. The average Bonchev–Trinajstić information content (AvgIpc) is 3.13. The van der Waals surface area contributed by atoms with Crippen LogP contribution < -0.4 is 10.1 Å². The van der Waals surface area contributed by atoms with Crippen LogP contribution in [0.4, 0.5) is 5.82 Å². The molecule has 0 radical (unpaired) electrons. The van der Waals surface area contributed by atoms with E-state index in [4.69, 9.17) is 21.3 Å². The quantitative estimate of drug-likeness (QED) is 0.373. The maximum absolute atomic E-state index is 5.99. The maximum Gasteiger partial charge on any atom is 0.235 e. The molecule has 0 saturated heterocycles. The first-order valence-corrected chi connectivity index (χ1v) is 10.2. The minimum absolute atomic E-state index is 0.657. The molecule has 0 aliphatic heterocycles. The molecule has 148 valence electrons. The molecule has 4 rings (SSSR count). The molecular weight excluding hydrogens is 384 g/mol. The molecular formula is C23H23ClN4O. The number of imidazole rings is 1. The Balaban J connectivity index is 1.61. The fourth-order valence-electron chi connectivity index (χ4n) is 3.09. The molecule has 1 N–H and O–H groups in total. The van der Waals surface area contributed by atoms with E-state index in [0.717, 1.165) is 52.9 Å². The van der Waals surface area contributed by atoms with E-state index in [1.54, 1.807) is 6.20 Å². The second-order valence-corrected chi connectivity index (χ2v) is 7.24. The SMILES string of the molecule is CCCCOc1ccc(-c2nc3ncccn3c2NCc2ccc(Cl)cc2)cc1. The standard InChI is InChI=1S/C23H23ClN4O/c1-2-3-15-29-20-11-7-18(8-12-20)21-22(28-14-4-13-25-23(28)27-21)26-16-17-5-9-19(24)10-6-17/h4-14,26H,2-3,15-16H2,1H3. The number of rotatable bonds is 8. The van der Waals surface area contributed by atoms with Gasteiger partial charge >= 0.3 is 0 Å². The summed E-state index contributed by atoms with van der Waals surface area (Å²) in [5, 5.41) is 4.24. The summed E-state index contributed by atoms with van der Waals surface area (Å²) in [4.78, 5) is 9.13. The van der Waals surface area contributed by atoms with Crippen molar-refractivity contribution in [2.24, 2.45) is 0 Å². The molecule has 0 bridgehead atoms. The number of benzene rings is 2. The molecule has 2 heterocycles. The lowest BCUT2D eigenvalue weighted by Gasteiger charge is -2.10. The van der Waals surface area contributed by atoms with E-state index in [1.165, 1.54) is 0 Å². The van der Waals surface area contributed by atoms with Crippen LogP contribution in [0.25, 0.3) is 17.0 Å². The highest BCUT2D eigenvalue weighted by Gasteiger charge is 2.14. The van der Waals surface area contributed by atoms with Gasteiger partial charge in [-0.3, -0.25) is 4.40 Å². The van der Waals surface area contributed by atoms with Gasteiger partial charge in [-0.25, -0.2) is 9.97 Å². The van der Waals surface area contributed by atoms with Crippen molar-refractivity contribution in [2.45, 2.75) is 26.3 Å². The maximum atomic E-state index is 5.99. The van der Waals surface area contributed by atoms with Gasteiger partial charge in [-0.1, -0.05) is 37.1 Å². The van der Waals surface area contributed by atoms with Crippen LogP contribution in [0, 0.1) is 0 Å². The lowest BCUT2D eigenvalue weighted by molar-refractivity contribution is 0.309. The number of halogens is 1. The van der Waals surface area contributed by atoms with Crippen molar-refractivity contribution in [2.75, 3.05) is 11.9 Å². The minimum Gasteiger partial charge on any atom is -0.494 e. The van der Waals surface area contributed by atoms with E-state index in [1.807, 2.05) is 65.2 Å². The van der Waals surface area contributed by atoms with Crippen molar-refractivity contribution < 1.29 is 4.74 Å². The summed E-state index contributed by atoms with van der Waals surface area (Å²) >= 11 is 5.99. The lowest BCUT2D eigenvalue weighted by atomic mass is 10.1. The molecule has 0 atom stereocenters. The number of nitrogens with one attached hydrogen (secondary N) is 1. The third kappa shape index (κ3) is 4.51. The fraction of sp³-hybridized carbons (Fsp3) is 0.217. The van der Waals surface area contributed by atoms with Crippen LogP contribution in [0.5, 0.6) is 5.75 Å². The zero-order valence-corrected chi connectivity index (χ0v) is 17.1. The van der Waals surface area contributed by atoms with E-state index in [9.17, 15) is 0 Å². The van der Waals surface area contributed by atoms with Gasteiger partial charge in [-0.05, 0) is 54.4 Å². The molecule has 2 aromatic heterocycles. The van der Waals surface area contributed by atoms with Crippen molar-refractivity contribution in [1.82, 2.24) is 14.4 Å². The lowest BCUT2D eigenvalue weighted by Crippen LogP contribution is -2.03. The summed E-state index contributed by atoms with van der Waals surface area (Å²) in [6.07, 6.45) is 5.89. The normalized spacial score (nSPS) is 11.0. The molecule has 0 spiro atoms. The summed E-state index contributed by atoms with van der Waals surface area (Å²) in [5.74, 6) is 2.44. The van der Waals surface area contributed by atoms with Crippen LogP contribution in [0.1, 0.15) is 25.3 Å². The summed E-state index contributed by atoms with van der Waals surface area (Å²) in [7, 11) is 0. The molecule has 0 saturated carbocycles. The van der Waals surface area contributed by atoms with Gasteiger partial charge in [0, 0.05) is 29.5 Å². The van der Waals surface area contributed by atoms with Gasteiger partial charge in [0.25, 0.3) is 0 Å². The molecule has 6 heteroatoms. The Morgan fingerprint density at radius 3 is 2.62 bits per heavy atom. The van der Waals surface area contributed by atoms with Crippen LogP contribution in [0.3, 0.4) is 0 Å². The van der Waals surface area contributed by atoms with Gasteiger partial charge in [-0.2, -0.15) is 0 Å². The summed E-state index contributed by atoms with van der Waals surface area (Å²) in [6.45, 7) is 3.55.